The van der Waals surface area contributed by atoms with E-state index < -0.39 is 11.6 Å². The summed E-state index contributed by atoms with van der Waals surface area (Å²) in [7, 11) is 3.29. The number of rotatable bonds is 9. The Balaban J connectivity index is 1.97. The fraction of sp³-hybridized carbons (Fsp3) is 0.480. The Morgan fingerprint density at radius 2 is 2.03 bits per heavy atom. The zero-order valence-corrected chi connectivity index (χ0v) is 20.3. The molecule has 0 radical (unpaired) electrons. The van der Waals surface area contributed by atoms with Crippen LogP contribution in [-0.2, 0) is 10.3 Å². The van der Waals surface area contributed by atoms with E-state index in [2.05, 4.69) is 26.0 Å². The summed E-state index contributed by atoms with van der Waals surface area (Å²) in [6.45, 7) is 4.33. The Bertz CT molecular complexity index is 1130. The van der Waals surface area contributed by atoms with Crippen molar-refractivity contribution in [2.24, 2.45) is 11.7 Å². The molecule has 172 valence electrons. The maximum Gasteiger partial charge on any atom is 0.128 e. The second kappa shape index (κ2) is 9.06. The summed E-state index contributed by atoms with van der Waals surface area (Å²) in [6.07, 6.45) is 4.19. The van der Waals surface area contributed by atoms with Gasteiger partial charge in [-0.15, -0.1) is 11.8 Å². The van der Waals surface area contributed by atoms with Crippen molar-refractivity contribution in [3.63, 3.8) is 0 Å². The molecule has 0 spiro atoms. The molecule has 1 aliphatic rings. The maximum atomic E-state index is 11.1. The molecule has 0 saturated heterocycles. The normalized spacial score (nSPS) is 16.8. The summed E-state index contributed by atoms with van der Waals surface area (Å²) in [5.74, 6) is 1.34. The summed E-state index contributed by atoms with van der Waals surface area (Å²) >= 11 is 1.56. The molecule has 3 aromatic rings. The van der Waals surface area contributed by atoms with Crippen LogP contribution in [0.5, 0.6) is 5.75 Å². The van der Waals surface area contributed by atoms with Crippen LogP contribution in [0.4, 0.5) is 0 Å². The number of nitrogens with two attached hydrogens (primary N) is 1. The van der Waals surface area contributed by atoms with Gasteiger partial charge in [0, 0.05) is 18.2 Å². The molecular weight excluding hydrogens is 422 g/mol. The third-order valence-corrected chi connectivity index (χ3v) is 7.12. The first-order valence-electron chi connectivity index (χ1n) is 11.0. The molecule has 2 unspecified atom stereocenters. The van der Waals surface area contributed by atoms with E-state index >= 15 is 0 Å². The van der Waals surface area contributed by atoms with Gasteiger partial charge in [0.25, 0.3) is 0 Å². The maximum absolute atomic E-state index is 11.1. The van der Waals surface area contributed by atoms with Gasteiger partial charge in [-0.3, -0.25) is 0 Å². The molecule has 0 amide bonds. The number of pyridine rings is 1. The Labute approximate surface area is 194 Å². The highest BCUT2D eigenvalue weighted by atomic mass is 32.2. The minimum Gasteiger partial charge on any atom is -0.496 e. The molecule has 2 atom stereocenters. The summed E-state index contributed by atoms with van der Waals surface area (Å²) in [5, 5.41) is 16.9. The lowest BCUT2D eigenvalue weighted by molar-refractivity contribution is 0.00372. The summed E-state index contributed by atoms with van der Waals surface area (Å²) < 4.78 is 13.0. The Morgan fingerprint density at radius 1 is 1.28 bits per heavy atom. The zero-order chi connectivity index (χ0) is 23.0. The van der Waals surface area contributed by atoms with Gasteiger partial charge in [0.05, 0.1) is 36.6 Å². The Morgan fingerprint density at radius 3 is 2.66 bits per heavy atom. The molecule has 4 rings (SSSR count). The SMILES string of the molecule is COCC(O)C(N)(CC1CC1)c1c(SC)nn2c(-c3c(C)cc(C)cc3OC)cccc12. The van der Waals surface area contributed by atoms with Crippen LogP contribution in [-0.4, -0.2) is 47.9 Å². The lowest BCUT2D eigenvalue weighted by atomic mass is 9.81. The summed E-state index contributed by atoms with van der Waals surface area (Å²) in [4.78, 5) is 0. The molecule has 1 aliphatic carbocycles. The number of aliphatic hydroxyl groups excluding tert-OH is 1. The third-order valence-electron chi connectivity index (χ3n) is 6.45. The molecular formula is C25H33N3O3S. The minimum atomic E-state index is -0.942. The van der Waals surface area contributed by atoms with Crippen molar-refractivity contribution in [3.05, 3.63) is 47.0 Å². The van der Waals surface area contributed by atoms with Gasteiger partial charge in [-0.25, -0.2) is 4.52 Å². The van der Waals surface area contributed by atoms with Crippen molar-refractivity contribution in [3.8, 4) is 17.0 Å². The van der Waals surface area contributed by atoms with Gasteiger partial charge in [-0.05, 0) is 61.8 Å². The number of ether oxygens (including phenoxy) is 2. The molecule has 1 saturated carbocycles. The van der Waals surface area contributed by atoms with Crippen molar-refractivity contribution in [1.29, 1.82) is 0 Å². The van der Waals surface area contributed by atoms with Gasteiger partial charge in [-0.2, -0.15) is 5.10 Å². The largest absolute Gasteiger partial charge is 0.496 e. The molecule has 0 bridgehead atoms. The quantitative estimate of drug-likeness (QED) is 0.468. The number of benzene rings is 1. The number of methoxy groups -OCH3 is 2. The lowest BCUT2D eigenvalue weighted by Crippen LogP contribution is -2.50. The van der Waals surface area contributed by atoms with Crippen LogP contribution in [0.1, 0.15) is 36.0 Å². The van der Waals surface area contributed by atoms with Crippen LogP contribution in [0.3, 0.4) is 0 Å². The highest BCUT2D eigenvalue weighted by Gasteiger charge is 2.44. The fourth-order valence-electron chi connectivity index (χ4n) is 4.75. The van der Waals surface area contributed by atoms with Gasteiger partial charge in [0.1, 0.15) is 10.8 Å². The number of thioether (sulfide) groups is 1. The van der Waals surface area contributed by atoms with Crippen LogP contribution < -0.4 is 10.5 Å². The van der Waals surface area contributed by atoms with E-state index in [9.17, 15) is 5.11 Å². The standard InChI is InChI=1S/C25H33N3O3S/c1-15-11-16(2)22(20(12-15)31-4)18-7-6-8-19-23(24(32-5)27-28(18)19)25(26,13-17-9-10-17)21(29)14-30-3/h6-8,11-12,17,21,29H,9-10,13-14,26H2,1-5H3. The van der Waals surface area contributed by atoms with Crippen LogP contribution in [0, 0.1) is 19.8 Å². The summed E-state index contributed by atoms with van der Waals surface area (Å²) in [6, 6.07) is 10.3. The Hall–Kier alpha value is -2.06. The van der Waals surface area contributed by atoms with Gasteiger partial charge in [0.15, 0.2) is 0 Å². The number of fused-ring (bicyclic) bond motifs is 1. The van der Waals surface area contributed by atoms with Crippen molar-refractivity contribution in [1.82, 2.24) is 9.61 Å². The van der Waals surface area contributed by atoms with Crippen molar-refractivity contribution < 1.29 is 14.6 Å². The first-order valence-corrected chi connectivity index (χ1v) is 12.2. The van der Waals surface area contributed by atoms with Crippen molar-refractivity contribution in [2.75, 3.05) is 27.1 Å². The highest BCUT2D eigenvalue weighted by Crippen LogP contribution is 2.45. The molecule has 3 N–H and O–H groups in total. The smallest absolute Gasteiger partial charge is 0.128 e. The van der Waals surface area contributed by atoms with Crippen LogP contribution in [0.2, 0.25) is 0 Å². The molecule has 32 heavy (non-hydrogen) atoms. The lowest BCUT2D eigenvalue weighted by Gasteiger charge is -2.34. The Kier molecular flexibility index (Phi) is 6.54. The molecule has 6 nitrogen and oxygen atoms in total. The molecule has 7 heteroatoms. The molecule has 0 aliphatic heterocycles. The van der Waals surface area contributed by atoms with E-state index in [1.54, 1.807) is 26.0 Å². The van der Waals surface area contributed by atoms with E-state index in [4.69, 9.17) is 20.3 Å². The predicted molar refractivity (Wildman–Crippen MR) is 130 cm³/mol. The van der Waals surface area contributed by atoms with Gasteiger partial charge in [0.2, 0.25) is 0 Å². The highest BCUT2D eigenvalue weighted by molar-refractivity contribution is 7.98. The average molecular weight is 456 g/mol. The van der Waals surface area contributed by atoms with Crippen molar-refractivity contribution >= 4 is 17.3 Å². The number of hydrogen-bond donors (Lipinski definition) is 2. The van der Waals surface area contributed by atoms with Gasteiger partial charge in [-0.1, -0.05) is 25.0 Å². The number of aromatic nitrogens is 2. The first kappa shape index (κ1) is 23.1. The zero-order valence-electron chi connectivity index (χ0n) is 19.5. The number of nitrogens with zero attached hydrogens (tertiary/aromatic N) is 2. The van der Waals surface area contributed by atoms with E-state index in [1.807, 2.05) is 29.0 Å². The average Bonchev–Trinajstić information content (AvgIpc) is 3.48. The number of aliphatic hydroxyl groups is 1. The fourth-order valence-corrected chi connectivity index (χ4v) is 5.41. The minimum absolute atomic E-state index is 0.180. The van der Waals surface area contributed by atoms with E-state index in [0.29, 0.717) is 12.3 Å². The van der Waals surface area contributed by atoms with Gasteiger partial charge >= 0.3 is 0 Å². The monoisotopic (exact) mass is 455 g/mol. The van der Waals surface area contributed by atoms with Crippen LogP contribution in [0.15, 0.2) is 35.4 Å². The molecule has 2 aromatic heterocycles. The number of hydrogen-bond acceptors (Lipinski definition) is 6. The van der Waals surface area contributed by atoms with E-state index in [-0.39, 0.29) is 6.61 Å². The third kappa shape index (κ3) is 4.03. The predicted octanol–water partition coefficient (Wildman–Crippen LogP) is 4.31. The van der Waals surface area contributed by atoms with Gasteiger partial charge < -0.3 is 20.3 Å². The molecule has 1 aromatic carbocycles. The molecule has 2 heterocycles. The second-order valence-electron chi connectivity index (χ2n) is 8.91. The topological polar surface area (TPSA) is 82.0 Å². The van der Waals surface area contributed by atoms with Crippen LogP contribution in [0.25, 0.3) is 16.8 Å². The van der Waals surface area contributed by atoms with Crippen molar-refractivity contribution in [2.45, 2.75) is 49.8 Å². The summed E-state index contributed by atoms with van der Waals surface area (Å²) in [5.41, 5.74) is 12.1. The van der Waals surface area contributed by atoms with E-state index in [0.717, 1.165) is 57.1 Å². The first-order chi connectivity index (χ1) is 15.3. The number of aryl methyl sites for hydroxylation is 2. The van der Waals surface area contributed by atoms with Crippen LogP contribution >= 0.6 is 11.8 Å². The second-order valence-corrected chi connectivity index (χ2v) is 9.71. The molecule has 1 fully saturated rings. The van der Waals surface area contributed by atoms with E-state index in [1.165, 1.54) is 0 Å².